The van der Waals surface area contributed by atoms with E-state index in [-0.39, 0.29) is 5.54 Å². The SMILES string of the molecule is COCCN1CCN(C2(CC#N)CN(c3nc(Nc4cc(C)ns4)ncc3C)C2)CC1. The zero-order valence-electron chi connectivity index (χ0n) is 18.5. The minimum Gasteiger partial charge on any atom is -0.383 e. The molecule has 0 aromatic carbocycles. The molecule has 2 aromatic heterocycles. The van der Waals surface area contributed by atoms with Crippen molar-refractivity contribution in [2.24, 2.45) is 0 Å². The molecule has 0 saturated carbocycles. The summed E-state index contributed by atoms with van der Waals surface area (Å²) in [5, 5.41) is 13.7. The lowest BCUT2D eigenvalue weighted by atomic mass is 9.83. The van der Waals surface area contributed by atoms with Crippen LogP contribution in [0.5, 0.6) is 0 Å². The first-order valence-corrected chi connectivity index (χ1v) is 11.4. The van der Waals surface area contributed by atoms with Gasteiger partial charge < -0.3 is 15.0 Å². The van der Waals surface area contributed by atoms with Crippen LogP contribution in [-0.4, -0.2) is 89.2 Å². The summed E-state index contributed by atoms with van der Waals surface area (Å²) in [5.41, 5.74) is 1.93. The molecule has 2 fully saturated rings. The Morgan fingerprint density at radius 1 is 1.26 bits per heavy atom. The predicted octanol–water partition coefficient (Wildman–Crippen LogP) is 2.03. The summed E-state index contributed by atoms with van der Waals surface area (Å²) in [5.74, 6) is 1.51. The molecule has 2 saturated heterocycles. The van der Waals surface area contributed by atoms with Gasteiger partial charge in [-0.15, -0.1) is 0 Å². The highest BCUT2D eigenvalue weighted by atomic mass is 32.1. The van der Waals surface area contributed by atoms with E-state index in [1.165, 1.54) is 11.5 Å². The summed E-state index contributed by atoms with van der Waals surface area (Å²) in [7, 11) is 1.75. The van der Waals surface area contributed by atoms with Crippen molar-refractivity contribution in [3.63, 3.8) is 0 Å². The molecule has 0 atom stereocenters. The first kappa shape index (κ1) is 21.9. The maximum absolute atomic E-state index is 9.52. The summed E-state index contributed by atoms with van der Waals surface area (Å²) in [6, 6.07) is 4.42. The minimum atomic E-state index is -0.0954. The Morgan fingerprint density at radius 2 is 2.03 bits per heavy atom. The molecule has 2 aliphatic heterocycles. The molecule has 0 amide bonds. The van der Waals surface area contributed by atoms with Gasteiger partial charge in [-0.1, -0.05) is 0 Å². The highest BCUT2D eigenvalue weighted by Crippen LogP contribution is 2.36. The highest BCUT2D eigenvalue weighted by Gasteiger charge is 2.49. The van der Waals surface area contributed by atoms with Crippen molar-refractivity contribution in [1.82, 2.24) is 24.1 Å². The van der Waals surface area contributed by atoms with Crippen molar-refractivity contribution in [2.75, 3.05) is 69.7 Å². The molecule has 4 heterocycles. The van der Waals surface area contributed by atoms with Crippen LogP contribution in [0.4, 0.5) is 16.8 Å². The lowest BCUT2D eigenvalue weighted by molar-refractivity contribution is 0.00929. The molecule has 166 valence electrons. The van der Waals surface area contributed by atoms with Crippen molar-refractivity contribution in [3.8, 4) is 6.07 Å². The summed E-state index contributed by atoms with van der Waals surface area (Å²) in [4.78, 5) is 16.4. The van der Waals surface area contributed by atoms with E-state index in [1.54, 1.807) is 7.11 Å². The monoisotopic (exact) mass is 442 g/mol. The van der Waals surface area contributed by atoms with Gasteiger partial charge in [-0.25, -0.2) is 4.98 Å². The van der Waals surface area contributed by atoms with Crippen LogP contribution in [0.1, 0.15) is 17.7 Å². The Balaban J connectivity index is 1.42. The number of hydrogen-bond donors (Lipinski definition) is 1. The molecule has 31 heavy (non-hydrogen) atoms. The fraction of sp³-hybridized carbons (Fsp3) is 0.619. The van der Waals surface area contributed by atoms with E-state index in [0.717, 1.165) is 74.5 Å². The van der Waals surface area contributed by atoms with Gasteiger partial charge in [0.2, 0.25) is 5.95 Å². The van der Waals surface area contributed by atoms with Gasteiger partial charge in [0.1, 0.15) is 10.8 Å². The lowest BCUT2D eigenvalue weighted by Crippen LogP contribution is -2.72. The number of nitrogens with zero attached hydrogens (tertiary/aromatic N) is 7. The second-order valence-electron chi connectivity index (χ2n) is 8.39. The maximum atomic E-state index is 9.52. The van der Waals surface area contributed by atoms with Crippen LogP contribution >= 0.6 is 11.5 Å². The third kappa shape index (κ3) is 4.80. The van der Waals surface area contributed by atoms with Crippen molar-refractivity contribution in [3.05, 3.63) is 23.5 Å². The Kier molecular flexibility index (Phi) is 6.67. The largest absolute Gasteiger partial charge is 0.383 e. The topological polar surface area (TPSA) is 93.4 Å². The second kappa shape index (κ2) is 9.44. The van der Waals surface area contributed by atoms with Gasteiger partial charge in [-0.05, 0) is 31.4 Å². The van der Waals surface area contributed by atoms with Crippen molar-refractivity contribution >= 4 is 28.3 Å². The number of methoxy groups -OCH3 is 1. The van der Waals surface area contributed by atoms with Crippen LogP contribution in [0.3, 0.4) is 0 Å². The van der Waals surface area contributed by atoms with E-state index in [4.69, 9.17) is 9.72 Å². The number of aryl methyl sites for hydroxylation is 2. The first-order valence-electron chi connectivity index (χ1n) is 10.7. The number of aromatic nitrogens is 3. The quantitative estimate of drug-likeness (QED) is 0.659. The number of hydrogen-bond acceptors (Lipinski definition) is 10. The molecule has 4 rings (SSSR count). The number of nitriles is 1. The van der Waals surface area contributed by atoms with Crippen LogP contribution in [0.25, 0.3) is 0 Å². The van der Waals surface area contributed by atoms with Crippen molar-refractivity contribution < 1.29 is 4.74 Å². The summed E-state index contributed by atoms with van der Waals surface area (Å²) in [6.45, 7) is 11.4. The van der Waals surface area contributed by atoms with Crippen LogP contribution in [-0.2, 0) is 4.74 Å². The number of rotatable bonds is 8. The second-order valence-corrected chi connectivity index (χ2v) is 9.20. The average molecular weight is 443 g/mol. The van der Waals surface area contributed by atoms with Gasteiger partial charge in [-0.3, -0.25) is 9.80 Å². The van der Waals surface area contributed by atoms with Crippen LogP contribution in [0.2, 0.25) is 0 Å². The van der Waals surface area contributed by atoms with E-state index in [2.05, 4.69) is 35.4 Å². The Labute approximate surface area is 187 Å². The molecule has 0 bridgehead atoms. The first-order chi connectivity index (χ1) is 15.0. The molecule has 1 N–H and O–H groups in total. The lowest BCUT2D eigenvalue weighted by Gasteiger charge is -2.57. The van der Waals surface area contributed by atoms with Gasteiger partial charge in [0.15, 0.2) is 0 Å². The maximum Gasteiger partial charge on any atom is 0.229 e. The summed E-state index contributed by atoms with van der Waals surface area (Å²) < 4.78 is 9.50. The molecule has 0 radical (unpaired) electrons. The molecular weight excluding hydrogens is 412 g/mol. The molecule has 10 heteroatoms. The average Bonchev–Trinajstić information content (AvgIpc) is 3.15. The highest BCUT2D eigenvalue weighted by molar-refractivity contribution is 7.10. The zero-order chi connectivity index (χ0) is 21.8. The van der Waals surface area contributed by atoms with Crippen LogP contribution in [0.15, 0.2) is 12.3 Å². The standard InChI is InChI=1S/C21H30N8OS/c1-16-13-23-20(24-18-12-17(2)26-31-18)25-19(16)28-14-21(15-28,4-5-22)29-8-6-27(7-9-29)10-11-30-3/h12-13H,4,6-11,14-15H2,1-3H3,(H,23,24,25). The summed E-state index contributed by atoms with van der Waals surface area (Å²) >= 11 is 1.40. The van der Waals surface area contributed by atoms with E-state index >= 15 is 0 Å². The number of anilines is 3. The number of piperazine rings is 1. The third-order valence-corrected chi connectivity index (χ3v) is 6.94. The smallest absolute Gasteiger partial charge is 0.229 e. The number of nitrogens with one attached hydrogen (secondary N) is 1. The van der Waals surface area contributed by atoms with E-state index in [9.17, 15) is 5.26 Å². The molecule has 0 unspecified atom stereocenters. The Morgan fingerprint density at radius 3 is 2.68 bits per heavy atom. The van der Waals surface area contributed by atoms with Crippen molar-refractivity contribution in [1.29, 1.82) is 5.26 Å². The molecule has 9 nitrogen and oxygen atoms in total. The molecule has 2 aliphatic rings. The van der Waals surface area contributed by atoms with E-state index in [1.807, 2.05) is 26.1 Å². The third-order valence-electron chi connectivity index (χ3n) is 6.14. The van der Waals surface area contributed by atoms with Gasteiger partial charge in [0.05, 0.1) is 30.3 Å². The zero-order valence-corrected chi connectivity index (χ0v) is 19.3. The molecule has 2 aromatic rings. The van der Waals surface area contributed by atoms with Crippen LogP contribution < -0.4 is 10.2 Å². The summed E-state index contributed by atoms with van der Waals surface area (Å²) in [6.07, 6.45) is 2.40. The van der Waals surface area contributed by atoms with Gasteiger partial charge in [0.25, 0.3) is 0 Å². The Bertz CT molecular complexity index is 928. The van der Waals surface area contributed by atoms with Crippen molar-refractivity contribution in [2.45, 2.75) is 25.8 Å². The van der Waals surface area contributed by atoms with E-state index in [0.29, 0.717) is 12.4 Å². The Hall–Kier alpha value is -2.32. The molecule has 0 aliphatic carbocycles. The minimum absolute atomic E-state index is 0.0954. The predicted molar refractivity (Wildman–Crippen MR) is 122 cm³/mol. The fourth-order valence-corrected chi connectivity index (χ4v) is 5.05. The fourth-order valence-electron chi connectivity index (χ4n) is 4.40. The molecular formula is C21H30N8OS. The van der Waals surface area contributed by atoms with Gasteiger partial charge in [-0.2, -0.15) is 14.6 Å². The number of ether oxygens (including phenoxy) is 1. The van der Waals surface area contributed by atoms with Gasteiger partial charge in [0, 0.05) is 64.7 Å². The van der Waals surface area contributed by atoms with Gasteiger partial charge >= 0.3 is 0 Å². The molecule has 0 spiro atoms. The van der Waals surface area contributed by atoms with E-state index < -0.39 is 0 Å². The normalized spacial score (nSPS) is 19.1. The van der Waals surface area contributed by atoms with Crippen LogP contribution in [0, 0.1) is 25.2 Å².